The lowest BCUT2D eigenvalue weighted by Gasteiger charge is -2.21. The molecular weight excluding hydrogens is 336 g/mol. The predicted molar refractivity (Wildman–Crippen MR) is 95.4 cm³/mol. The average Bonchev–Trinajstić information content (AvgIpc) is 3.05. The van der Waals surface area contributed by atoms with Crippen LogP contribution in [0.25, 0.3) is 0 Å². The number of aromatic hydroxyl groups is 1. The van der Waals surface area contributed by atoms with Gasteiger partial charge in [0.15, 0.2) is 0 Å². The SMILES string of the molecule is CCC(=O)N1N=C(c2c(O)cc(C)oc2=O)CC1c1cccc(OC)c1. The molecule has 1 aliphatic rings. The molecule has 0 saturated carbocycles. The summed E-state index contributed by atoms with van der Waals surface area (Å²) in [6.07, 6.45) is 0.562. The van der Waals surface area contributed by atoms with Gasteiger partial charge in [-0.15, -0.1) is 0 Å². The molecule has 0 saturated heterocycles. The summed E-state index contributed by atoms with van der Waals surface area (Å²) in [4.78, 5) is 24.6. The maximum atomic E-state index is 12.4. The van der Waals surface area contributed by atoms with Gasteiger partial charge < -0.3 is 14.3 Å². The van der Waals surface area contributed by atoms with E-state index in [4.69, 9.17) is 9.15 Å². The summed E-state index contributed by atoms with van der Waals surface area (Å²) < 4.78 is 10.3. The van der Waals surface area contributed by atoms with E-state index in [9.17, 15) is 14.7 Å². The van der Waals surface area contributed by atoms with Gasteiger partial charge in [-0.05, 0) is 24.6 Å². The average molecular weight is 356 g/mol. The maximum Gasteiger partial charge on any atom is 0.348 e. The van der Waals surface area contributed by atoms with Gasteiger partial charge in [-0.1, -0.05) is 19.1 Å². The van der Waals surface area contributed by atoms with E-state index in [0.29, 0.717) is 23.6 Å². The third kappa shape index (κ3) is 3.20. The highest BCUT2D eigenvalue weighted by Crippen LogP contribution is 2.35. The molecule has 0 spiro atoms. The number of nitrogens with zero attached hydrogens (tertiary/aromatic N) is 2. The summed E-state index contributed by atoms with van der Waals surface area (Å²) in [5.74, 6) is 0.592. The fourth-order valence-electron chi connectivity index (χ4n) is 3.02. The molecule has 1 aromatic heterocycles. The van der Waals surface area contributed by atoms with Gasteiger partial charge in [0.25, 0.3) is 0 Å². The molecule has 7 nitrogen and oxygen atoms in total. The molecule has 0 fully saturated rings. The lowest BCUT2D eigenvalue weighted by atomic mass is 9.98. The second-order valence-corrected chi connectivity index (χ2v) is 6.04. The van der Waals surface area contributed by atoms with Crippen LogP contribution in [0.4, 0.5) is 0 Å². The second kappa shape index (κ2) is 7.03. The van der Waals surface area contributed by atoms with Gasteiger partial charge in [-0.3, -0.25) is 4.79 Å². The molecule has 26 heavy (non-hydrogen) atoms. The van der Waals surface area contributed by atoms with Crippen LogP contribution in [0.3, 0.4) is 0 Å². The summed E-state index contributed by atoms with van der Waals surface area (Å²) in [5, 5.41) is 15.9. The summed E-state index contributed by atoms with van der Waals surface area (Å²) in [7, 11) is 1.57. The number of hydrogen-bond acceptors (Lipinski definition) is 6. The van der Waals surface area contributed by atoms with Crippen LogP contribution in [-0.2, 0) is 4.79 Å². The van der Waals surface area contributed by atoms with Crippen LogP contribution in [0, 0.1) is 6.92 Å². The Morgan fingerprint density at radius 3 is 2.85 bits per heavy atom. The Balaban J connectivity index is 2.05. The lowest BCUT2D eigenvalue weighted by Crippen LogP contribution is -2.26. The van der Waals surface area contributed by atoms with Crippen molar-refractivity contribution in [1.29, 1.82) is 0 Å². The third-order valence-corrected chi connectivity index (χ3v) is 4.29. The molecule has 0 radical (unpaired) electrons. The minimum absolute atomic E-state index is 0.00472. The summed E-state index contributed by atoms with van der Waals surface area (Å²) in [6.45, 7) is 3.32. The smallest absolute Gasteiger partial charge is 0.348 e. The number of benzene rings is 1. The Morgan fingerprint density at radius 1 is 1.42 bits per heavy atom. The van der Waals surface area contributed by atoms with Crippen LogP contribution in [0.15, 0.2) is 44.6 Å². The molecule has 1 aliphatic heterocycles. The van der Waals surface area contributed by atoms with E-state index < -0.39 is 5.63 Å². The number of hydrogen-bond donors (Lipinski definition) is 1. The topological polar surface area (TPSA) is 92.3 Å². The molecule has 2 heterocycles. The third-order valence-electron chi connectivity index (χ3n) is 4.29. The highest BCUT2D eigenvalue weighted by molar-refractivity contribution is 6.04. The van der Waals surface area contributed by atoms with E-state index in [0.717, 1.165) is 5.56 Å². The van der Waals surface area contributed by atoms with E-state index in [1.165, 1.54) is 11.1 Å². The minimum atomic E-state index is -0.670. The van der Waals surface area contributed by atoms with Crippen LogP contribution >= 0.6 is 0 Å². The molecule has 1 N–H and O–H groups in total. The van der Waals surface area contributed by atoms with Crippen LogP contribution in [0.5, 0.6) is 11.5 Å². The van der Waals surface area contributed by atoms with E-state index >= 15 is 0 Å². The standard InChI is InChI=1S/C19H20N2O5/c1-4-17(23)21-15(12-6-5-7-13(9-12)25-3)10-14(20-21)18-16(22)8-11(2)26-19(18)24/h5-9,15,22H,4,10H2,1-3H3. The largest absolute Gasteiger partial charge is 0.507 e. The minimum Gasteiger partial charge on any atom is -0.507 e. The van der Waals surface area contributed by atoms with Gasteiger partial charge in [0.2, 0.25) is 5.91 Å². The number of rotatable bonds is 4. The quantitative estimate of drug-likeness (QED) is 0.909. The van der Waals surface area contributed by atoms with Crippen LogP contribution in [0.1, 0.15) is 42.7 Å². The van der Waals surface area contributed by atoms with E-state index in [1.807, 2.05) is 24.3 Å². The Kier molecular flexibility index (Phi) is 4.79. The first kappa shape index (κ1) is 17.7. The van der Waals surface area contributed by atoms with Crippen molar-refractivity contribution in [2.75, 3.05) is 7.11 Å². The fraction of sp³-hybridized carbons (Fsp3) is 0.316. The molecule has 1 unspecified atom stereocenters. The first-order chi connectivity index (χ1) is 12.4. The monoisotopic (exact) mass is 356 g/mol. The normalized spacial score (nSPS) is 16.5. The van der Waals surface area contributed by atoms with Gasteiger partial charge in [-0.25, -0.2) is 9.80 Å². The summed E-state index contributed by atoms with van der Waals surface area (Å²) in [6, 6.07) is 8.33. The Bertz CT molecular complexity index is 932. The highest BCUT2D eigenvalue weighted by atomic mass is 16.5. The van der Waals surface area contributed by atoms with Crippen molar-refractivity contribution in [2.24, 2.45) is 5.10 Å². The van der Waals surface area contributed by atoms with Gasteiger partial charge in [-0.2, -0.15) is 5.10 Å². The number of ether oxygens (including phenoxy) is 1. The van der Waals surface area contributed by atoms with Crippen LogP contribution in [-0.4, -0.2) is 28.8 Å². The van der Waals surface area contributed by atoms with E-state index in [2.05, 4.69) is 5.10 Å². The Labute approximate surface area is 150 Å². The van der Waals surface area contributed by atoms with Crippen molar-refractivity contribution in [3.05, 3.63) is 57.6 Å². The number of aryl methyl sites for hydroxylation is 1. The number of hydrazone groups is 1. The molecule has 136 valence electrons. The van der Waals surface area contributed by atoms with Gasteiger partial charge >= 0.3 is 5.63 Å². The molecule has 0 bridgehead atoms. The zero-order chi connectivity index (χ0) is 18.8. The number of carbonyl (C=O) groups excluding carboxylic acids is 1. The highest BCUT2D eigenvalue weighted by Gasteiger charge is 2.34. The summed E-state index contributed by atoms with van der Waals surface area (Å²) in [5.41, 5.74) is 0.484. The molecule has 2 aromatic rings. The van der Waals surface area contributed by atoms with Crippen molar-refractivity contribution < 1.29 is 19.1 Å². The van der Waals surface area contributed by atoms with Gasteiger partial charge in [0.05, 0.1) is 18.9 Å². The maximum absolute atomic E-state index is 12.4. The van der Waals surface area contributed by atoms with Crippen LogP contribution in [0.2, 0.25) is 0 Å². The van der Waals surface area contributed by atoms with Crippen molar-refractivity contribution in [3.63, 3.8) is 0 Å². The zero-order valence-electron chi connectivity index (χ0n) is 14.9. The molecule has 0 aliphatic carbocycles. The van der Waals surface area contributed by atoms with Crippen molar-refractivity contribution in [3.8, 4) is 11.5 Å². The molecule has 3 rings (SSSR count). The van der Waals surface area contributed by atoms with Crippen molar-refractivity contribution in [1.82, 2.24) is 5.01 Å². The molecule has 1 amide bonds. The summed E-state index contributed by atoms with van der Waals surface area (Å²) >= 11 is 0. The van der Waals surface area contributed by atoms with E-state index in [-0.39, 0.29) is 29.7 Å². The lowest BCUT2D eigenvalue weighted by molar-refractivity contribution is -0.132. The second-order valence-electron chi connectivity index (χ2n) is 6.04. The number of amides is 1. The molecular formula is C19H20N2O5. The Hall–Kier alpha value is -3.09. The van der Waals surface area contributed by atoms with Gasteiger partial charge in [0, 0.05) is 18.9 Å². The Morgan fingerprint density at radius 2 is 2.19 bits per heavy atom. The molecule has 1 aromatic carbocycles. The molecule has 1 atom stereocenters. The van der Waals surface area contributed by atoms with Crippen molar-refractivity contribution >= 4 is 11.6 Å². The predicted octanol–water partition coefficient (Wildman–Crippen LogP) is 2.75. The van der Waals surface area contributed by atoms with Gasteiger partial charge in [0.1, 0.15) is 22.8 Å². The first-order valence-corrected chi connectivity index (χ1v) is 8.32. The van der Waals surface area contributed by atoms with Crippen LogP contribution < -0.4 is 10.4 Å². The number of methoxy groups -OCH3 is 1. The zero-order valence-corrected chi connectivity index (χ0v) is 14.9. The fourth-order valence-corrected chi connectivity index (χ4v) is 3.02. The van der Waals surface area contributed by atoms with Crippen molar-refractivity contribution in [2.45, 2.75) is 32.7 Å². The number of carbonyl (C=O) groups is 1. The van der Waals surface area contributed by atoms with E-state index in [1.54, 1.807) is 21.0 Å². The molecule has 7 heteroatoms. The first-order valence-electron chi connectivity index (χ1n) is 8.32.